The van der Waals surface area contributed by atoms with Gasteiger partial charge in [-0.1, -0.05) is 11.8 Å². The zero-order valence-electron chi connectivity index (χ0n) is 15.1. The lowest BCUT2D eigenvalue weighted by molar-refractivity contribution is -0.143. The van der Waals surface area contributed by atoms with E-state index < -0.39 is 53.6 Å². The molecule has 0 aliphatic rings. The smallest absolute Gasteiger partial charge is 0.325 e. The topological polar surface area (TPSA) is 185 Å². The van der Waals surface area contributed by atoms with Crippen LogP contribution in [0.2, 0.25) is 0 Å². The molecule has 12 heteroatoms. The molecule has 0 saturated heterocycles. The molecule has 0 aromatic heterocycles. The lowest BCUT2D eigenvalue weighted by atomic mass is 10.1. The highest BCUT2D eigenvalue weighted by molar-refractivity contribution is 8.13. The zero-order chi connectivity index (χ0) is 21.0. The van der Waals surface area contributed by atoms with E-state index in [4.69, 9.17) is 10.8 Å². The van der Waals surface area contributed by atoms with Crippen molar-refractivity contribution in [1.82, 2.24) is 10.6 Å². The molecule has 2 amide bonds. The lowest BCUT2D eigenvalue weighted by Crippen LogP contribution is -2.53. The van der Waals surface area contributed by atoms with Crippen molar-refractivity contribution >= 4 is 40.6 Å². The van der Waals surface area contributed by atoms with Crippen LogP contribution in [-0.2, 0) is 28.7 Å². The first kappa shape index (κ1) is 24.8. The second-order valence-electron chi connectivity index (χ2n) is 5.43. The molecule has 3 atom stereocenters. The Hall–Kier alpha value is -2.18. The number of hydrogen-bond acceptors (Lipinski definition) is 9. The SMILES string of the molecule is CCOC(=O)CNC(=O)[C@H](CSC(=O)[C@@H](C)O)NC(=O)[C@@H](N)CCC(=O)O. The Balaban J connectivity index is 4.87. The number of rotatable bonds is 12. The molecular weight excluding hydrogens is 382 g/mol. The maximum absolute atomic E-state index is 12.2. The van der Waals surface area contributed by atoms with Crippen molar-refractivity contribution in [3.05, 3.63) is 0 Å². The molecule has 6 N–H and O–H groups in total. The van der Waals surface area contributed by atoms with Gasteiger partial charge in [-0.2, -0.15) is 0 Å². The number of carbonyl (C=O) groups excluding carboxylic acids is 4. The van der Waals surface area contributed by atoms with Gasteiger partial charge in [0.15, 0.2) is 0 Å². The van der Waals surface area contributed by atoms with Crippen molar-refractivity contribution < 1.29 is 38.9 Å². The summed E-state index contributed by atoms with van der Waals surface area (Å²) in [4.78, 5) is 57.6. The van der Waals surface area contributed by atoms with E-state index in [0.29, 0.717) is 11.8 Å². The van der Waals surface area contributed by atoms with E-state index >= 15 is 0 Å². The number of thioether (sulfide) groups is 1. The Labute approximate surface area is 160 Å². The number of hydrogen-bond donors (Lipinski definition) is 5. The molecule has 0 saturated carbocycles. The highest BCUT2D eigenvalue weighted by atomic mass is 32.2. The molecule has 11 nitrogen and oxygen atoms in total. The fourth-order valence-electron chi connectivity index (χ4n) is 1.65. The highest BCUT2D eigenvalue weighted by Crippen LogP contribution is 2.09. The molecule has 0 heterocycles. The van der Waals surface area contributed by atoms with Crippen LogP contribution in [0.4, 0.5) is 0 Å². The van der Waals surface area contributed by atoms with E-state index in [1.807, 2.05) is 0 Å². The number of aliphatic carboxylic acids is 1. The molecule has 0 aliphatic heterocycles. The standard InChI is InChI=1S/C15H25N3O8S/c1-3-26-12(22)6-17-14(24)10(7-27-15(25)8(2)19)18-13(23)9(16)4-5-11(20)21/h8-10,19H,3-7,16H2,1-2H3,(H,17,24)(H,18,23)(H,20,21)/t8-,9+,10+/m1/s1. The molecule has 27 heavy (non-hydrogen) atoms. The number of carbonyl (C=O) groups is 5. The van der Waals surface area contributed by atoms with E-state index in [9.17, 15) is 29.1 Å². The number of aliphatic hydroxyl groups excluding tert-OH is 1. The first-order chi connectivity index (χ1) is 12.6. The summed E-state index contributed by atoms with van der Waals surface area (Å²) < 4.78 is 4.67. The maximum Gasteiger partial charge on any atom is 0.325 e. The lowest BCUT2D eigenvalue weighted by Gasteiger charge is -2.20. The maximum atomic E-state index is 12.2. The van der Waals surface area contributed by atoms with Crippen LogP contribution in [0.3, 0.4) is 0 Å². The first-order valence-corrected chi connectivity index (χ1v) is 9.12. The van der Waals surface area contributed by atoms with Gasteiger partial charge >= 0.3 is 11.9 Å². The van der Waals surface area contributed by atoms with Gasteiger partial charge in [0.1, 0.15) is 18.7 Å². The Bertz CT molecular complexity index is 555. The summed E-state index contributed by atoms with van der Waals surface area (Å²) in [5.74, 6) is -3.55. The minimum atomic E-state index is -1.26. The number of carboxylic acid groups (broad SMARTS) is 1. The summed E-state index contributed by atoms with van der Waals surface area (Å²) in [5, 5.41) is 21.8. The minimum Gasteiger partial charge on any atom is -0.481 e. The minimum absolute atomic E-state index is 0.131. The van der Waals surface area contributed by atoms with Crippen LogP contribution in [-0.4, -0.2) is 76.2 Å². The number of carboxylic acids is 1. The summed E-state index contributed by atoms with van der Waals surface area (Å²) in [6, 6.07) is -2.39. The predicted octanol–water partition coefficient (Wildman–Crippen LogP) is -2.02. The van der Waals surface area contributed by atoms with Crippen molar-refractivity contribution in [2.24, 2.45) is 5.73 Å². The van der Waals surface area contributed by atoms with Gasteiger partial charge in [0.05, 0.1) is 12.6 Å². The number of nitrogens with two attached hydrogens (primary N) is 1. The van der Waals surface area contributed by atoms with Gasteiger partial charge in [0, 0.05) is 12.2 Å². The molecule has 0 aromatic rings. The zero-order valence-corrected chi connectivity index (χ0v) is 15.9. The van der Waals surface area contributed by atoms with Crippen LogP contribution in [0.5, 0.6) is 0 Å². The third kappa shape index (κ3) is 11.2. The molecular formula is C15H25N3O8S. The Morgan fingerprint density at radius 1 is 1.19 bits per heavy atom. The summed E-state index contributed by atoms with van der Waals surface area (Å²) in [6.45, 7) is 2.55. The van der Waals surface area contributed by atoms with Gasteiger partial charge in [0.25, 0.3) is 0 Å². The molecule has 0 radical (unpaired) electrons. The van der Waals surface area contributed by atoms with Gasteiger partial charge in [-0.15, -0.1) is 0 Å². The Kier molecular flexibility index (Phi) is 12.0. The van der Waals surface area contributed by atoms with Crippen LogP contribution in [0.1, 0.15) is 26.7 Å². The summed E-state index contributed by atoms with van der Waals surface area (Å²) in [7, 11) is 0. The number of ether oxygens (including phenoxy) is 1. The van der Waals surface area contributed by atoms with Crippen molar-refractivity contribution in [3.63, 3.8) is 0 Å². The van der Waals surface area contributed by atoms with E-state index in [2.05, 4.69) is 15.4 Å². The van der Waals surface area contributed by atoms with E-state index in [1.54, 1.807) is 6.92 Å². The van der Waals surface area contributed by atoms with Crippen molar-refractivity contribution in [1.29, 1.82) is 0 Å². The predicted molar refractivity (Wildman–Crippen MR) is 95.6 cm³/mol. The van der Waals surface area contributed by atoms with Crippen molar-refractivity contribution in [2.45, 2.75) is 44.9 Å². The molecule has 0 fully saturated rings. The van der Waals surface area contributed by atoms with E-state index in [0.717, 1.165) is 0 Å². The number of aliphatic hydroxyl groups is 1. The largest absolute Gasteiger partial charge is 0.481 e. The van der Waals surface area contributed by atoms with Crippen LogP contribution in [0.25, 0.3) is 0 Å². The van der Waals surface area contributed by atoms with Crippen molar-refractivity contribution in [3.8, 4) is 0 Å². The summed E-state index contributed by atoms with van der Waals surface area (Å²) in [6.07, 6.45) is -1.73. The number of esters is 1. The molecule has 0 unspecified atom stereocenters. The van der Waals surface area contributed by atoms with Crippen LogP contribution in [0.15, 0.2) is 0 Å². The van der Waals surface area contributed by atoms with Crippen LogP contribution >= 0.6 is 11.8 Å². The molecule has 0 bridgehead atoms. The number of amides is 2. The Morgan fingerprint density at radius 2 is 1.81 bits per heavy atom. The van der Waals surface area contributed by atoms with E-state index in [1.165, 1.54) is 6.92 Å². The summed E-state index contributed by atoms with van der Waals surface area (Å²) >= 11 is 0.622. The summed E-state index contributed by atoms with van der Waals surface area (Å²) in [5.41, 5.74) is 5.58. The van der Waals surface area contributed by atoms with Crippen LogP contribution in [0, 0.1) is 0 Å². The molecule has 154 valence electrons. The van der Waals surface area contributed by atoms with Gasteiger partial charge in [-0.25, -0.2) is 0 Å². The third-order valence-electron chi connectivity index (χ3n) is 3.08. The molecule has 0 spiro atoms. The normalized spacial score (nSPS) is 13.8. The molecule has 0 aliphatic carbocycles. The van der Waals surface area contributed by atoms with Gasteiger partial charge in [-0.3, -0.25) is 24.0 Å². The van der Waals surface area contributed by atoms with Gasteiger partial charge < -0.3 is 31.3 Å². The first-order valence-electron chi connectivity index (χ1n) is 8.14. The average Bonchev–Trinajstić information content (AvgIpc) is 2.60. The second-order valence-corrected chi connectivity index (χ2v) is 6.45. The van der Waals surface area contributed by atoms with Gasteiger partial charge in [0.2, 0.25) is 16.9 Å². The molecule has 0 aromatic carbocycles. The molecule has 0 rings (SSSR count). The fraction of sp³-hybridized carbons (Fsp3) is 0.667. The van der Waals surface area contributed by atoms with Gasteiger partial charge in [-0.05, 0) is 20.3 Å². The average molecular weight is 407 g/mol. The monoisotopic (exact) mass is 407 g/mol. The second kappa shape index (κ2) is 13.1. The Morgan fingerprint density at radius 3 is 2.33 bits per heavy atom. The number of nitrogens with one attached hydrogen (secondary N) is 2. The third-order valence-corrected chi connectivity index (χ3v) is 4.21. The van der Waals surface area contributed by atoms with Crippen LogP contribution < -0.4 is 16.4 Å². The van der Waals surface area contributed by atoms with Crippen molar-refractivity contribution in [2.75, 3.05) is 18.9 Å². The fourth-order valence-corrected chi connectivity index (χ4v) is 2.46. The highest BCUT2D eigenvalue weighted by Gasteiger charge is 2.26. The van der Waals surface area contributed by atoms with E-state index in [-0.39, 0.29) is 25.2 Å². The quantitative estimate of drug-likeness (QED) is 0.226.